The number of pyridine rings is 1. The Kier molecular flexibility index (Phi) is 8.73. The van der Waals surface area contributed by atoms with Crippen LogP contribution in [0.4, 0.5) is 14.6 Å². The highest BCUT2D eigenvalue weighted by Crippen LogP contribution is 2.37. The summed E-state index contributed by atoms with van der Waals surface area (Å²) in [5, 5.41) is 9.74. The molecule has 10 nitrogen and oxygen atoms in total. The Hall–Kier alpha value is -4.65. The predicted octanol–water partition coefficient (Wildman–Crippen LogP) is 4.79. The highest BCUT2D eigenvalue weighted by Gasteiger charge is 2.35. The summed E-state index contributed by atoms with van der Waals surface area (Å²) in [4.78, 5) is 38.8. The molecular weight excluding hydrogens is 616 g/mol. The minimum Gasteiger partial charge on any atom is -0.507 e. The molecule has 1 amide bonds. The molecule has 1 saturated heterocycles. The van der Waals surface area contributed by atoms with E-state index >= 15 is 8.78 Å². The molecule has 1 aliphatic rings. The van der Waals surface area contributed by atoms with Gasteiger partial charge in [0.2, 0.25) is 5.91 Å². The fourth-order valence-electron chi connectivity index (χ4n) is 5.88. The Balaban J connectivity index is 1.90. The number of nitrogens with zero attached hydrogens (tertiary/aromatic N) is 5. The first kappa shape index (κ1) is 32.7. The number of hydrogen-bond donors (Lipinski definition) is 1. The van der Waals surface area contributed by atoms with Crippen LogP contribution in [0.3, 0.4) is 0 Å². The zero-order valence-electron chi connectivity index (χ0n) is 26.2. The van der Waals surface area contributed by atoms with Crippen LogP contribution >= 0.6 is 0 Å². The third-order valence-corrected chi connectivity index (χ3v) is 10.5. The number of carbonyl (C=O) groups excluding carboxylic acids is 1. The standard InChI is InChI=1S/C33H35F2N5O5S/c1-7-21-11-9-14-26(46(44,45)18(3)4)30(21)40-32-22(15-24(35)29(36-32)28-23(34)12-10-13-25(28)41)31(37-33(40)43)39-17-19(5)38(16-20(39)6)27(42)8-2/h8-15,18-20,41H,2,7,16-17H2,1,3-6H3/t19-,20+/m1/s1. The van der Waals surface area contributed by atoms with Gasteiger partial charge in [-0.1, -0.05) is 31.7 Å². The number of fused-ring (bicyclic) bond motifs is 1. The van der Waals surface area contributed by atoms with E-state index in [4.69, 9.17) is 0 Å². The van der Waals surface area contributed by atoms with E-state index in [9.17, 15) is 23.1 Å². The van der Waals surface area contributed by atoms with Gasteiger partial charge >= 0.3 is 5.69 Å². The summed E-state index contributed by atoms with van der Waals surface area (Å²) in [5.74, 6) is -2.71. The monoisotopic (exact) mass is 651 g/mol. The van der Waals surface area contributed by atoms with Gasteiger partial charge in [0.25, 0.3) is 0 Å². The molecule has 1 N–H and O–H groups in total. The Morgan fingerprint density at radius 1 is 1.09 bits per heavy atom. The molecule has 0 spiro atoms. The van der Waals surface area contributed by atoms with Gasteiger partial charge in [-0.15, -0.1) is 0 Å². The van der Waals surface area contributed by atoms with E-state index in [-0.39, 0.29) is 58.5 Å². The molecule has 1 fully saturated rings. The summed E-state index contributed by atoms with van der Waals surface area (Å²) in [6, 6.07) is 8.46. The number of anilines is 1. The number of amides is 1. The topological polar surface area (TPSA) is 126 Å². The maximum atomic E-state index is 16.0. The second-order valence-electron chi connectivity index (χ2n) is 11.6. The third-order valence-electron chi connectivity index (χ3n) is 8.36. The van der Waals surface area contributed by atoms with Crippen LogP contribution in [0.5, 0.6) is 5.75 Å². The third kappa shape index (κ3) is 5.42. The van der Waals surface area contributed by atoms with Crippen molar-refractivity contribution in [3.05, 3.63) is 82.8 Å². The number of hydrogen-bond acceptors (Lipinski definition) is 8. The zero-order valence-corrected chi connectivity index (χ0v) is 27.0. The Morgan fingerprint density at radius 2 is 1.78 bits per heavy atom. The van der Waals surface area contributed by atoms with E-state index in [0.29, 0.717) is 12.0 Å². The van der Waals surface area contributed by atoms with Crippen LogP contribution in [0.2, 0.25) is 0 Å². The summed E-state index contributed by atoms with van der Waals surface area (Å²) in [6.45, 7) is 12.5. The van der Waals surface area contributed by atoms with Gasteiger partial charge in [0, 0.05) is 25.2 Å². The van der Waals surface area contributed by atoms with Gasteiger partial charge in [-0.25, -0.2) is 31.5 Å². The van der Waals surface area contributed by atoms with Crippen LogP contribution in [-0.2, 0) is 21.1 Å². The number of benzene rings is 2. The lowest BCUT2D eigenvalue weighted by atomic mass is 10.1. The van der Waals surface area contributed by atoms with Crippen LogP contribution in [0.25, 0.3) is 28.0 Å². The summed E-state index contributed by atoms with van der Waals surface area (Å²) >= 11 is 0. The molecule has 2 atom stereocenters. The first-order chi connectivity index (χ1) is 21.7. The lowest BCUT2D eigenvalue weighted by molar-refractivity contribution is -0.128. The van der Waals surface area contributed by atoms with E-state index in [2.05, 4.69) is 16.5 Å². The van der Waals surface area contributed by atoms with Crippen molar-refractivity contribution in [1.82, 2.24) is 19.4 Å². The van der Waals surface area contributed by atoms with E-state index in [1.54, 1.807) is 28.9 Å². The second kappa shape index (κ2) is 12.3. The maximum Gasteiger partial charge on any atom is 0.355 e. The first-order valence-electron chi connectivity index (χ1n) is 14.9. The van der Waals surface area contributed by atoms with E-state index < -0.39 is 49.4 Å². The van der Waals surface area contributed by atoms with Crippen molar-refractivity contribution < 1.29 is 27.1 Å². The number of sulfone groups is 1. The van der Waals surface area contributed by atoms with Crippen molar-refractivity contribution in [2.24, 2.45) is 0 Å². The summed E-state index contributed by atoms with van der Waals surface area (Å²) < 4.78 is 59.4. The van der Waals surface area contributed by atoms with Crippen LogP contribution in [0.1, 0.15) is 40.2 Å². The number of carbonyl (C=O) groups is 1. The van der Waals surface area contributed by atoms with Gasteiger partial charge in [-0.05, 0) is 70.0 Å². The molecular formula is C33H35F2N5O5S. The van der Waals surface area contributed by atoms with E-state index in [1.807, 2.05) is 13.8 Å². The van der Waals surface area contributed by atoms with Gasteiger partial charge in [-0.2, -0.15) is 4.98 Å². The van der Waals surface area contributed by atoms with Crippen molar-refractivity contribution in [2.45, 2.75) is 63.3 Å². The number of halogens is 2. The van der Waals surface area contributed by atoms with E-state index in [0.717, 1.165) is 16.7 Å². The SMILES string of the molecule is C=CC(=O)N1C[C@H](C)N(c2nc(=O)n(-c3c(CC)cccc3S(=O)(=O)C(C)C)c3nc(-c4c(O)cccc4F)c(F)cc23)C[C@H]1C. The molecule has 242 valence electrons. The van der Waals surface area contributed by atoms with E-state index in [1.165, 1.54) is 38.1 Å². The fraction of sp³-hybridized carbons (Fsp3) is 0.333. The fourth-order valence-corrected chi connectivity index (χ4v) is 7.15. The van der Waals surface area contributed by atoms with Crippen LogP contribution in [-0.4, -0.2) is 69.3 Å². The number of rotatable bonds is 7. The average Bonchev–Trinajstić information content (AvgIpc) is 3.01. The molecule has 0 aliphatic carbocycles. The lowest BCUT2D eigenvalue weighted by Crippen LogP contribution is -2.58. The van der Waals surface area contributed by atoms with Crippen molar-refractivity contribution in [1.29, 1.82) is 0 Å². The van der Waals surface area contributed by atoms with Crippen LogP contribution in [0, 0.1) is 11.6 Å². The number of aromatic hydroxyl groups is 1. The van der Waals surface area contributed by atoms with Crippen LogP contribution < -0.4 is 10.6 Å². The van der Waals surface area contributed by atoms with Gasteiger partial charge in [0.1, 0.15) is 23.1 Å². The number of aromatic nitrogens is 3. The average molecular weight is 652 g/mol. The molecule has 13 heteroatoms. The minimum atomic E-state index is -3.97. The first-order valence-corrected chi connectivity index (χ1v) is 16.4. The molecule has 3 heterocycles. The van der Waals surface area contributed by atoms with Crippen molar-refractivity contribution in [2.75, 3.05) is 18.0 Å². The van der Waals surface area contributed by atoms with Crippen molar-refractivity contribution in [3.63, 3.8) is 0 Å². The second-order valence-corrected chi connectivity index (χ2v) is 14.1. The predicted molar refractivity (Wildman–Crippen MR) is 172 cm³/mol. The molecule has 0 saturated carbocycles. The molecule has 0 unspecified atom stereocenters. The number of aryl methyl sites for hydroxylation is 1. The Labute approximate surface area is 265 Å². The van der Waals surface area contributed by atoms with Gasteiger partial charge < -0.3 is 14.9 Å². The Bertz CT molecular complexity index is 2030. The van der Waals surface area contributed by atoms with Gasteiger partial charge in [0.15, 0.2) is 21.3 Å². The van der Waals surface area contributed by atoms with Crippen molar-refractivity contribution >= 4 is 32.6 Å². The minimum absolute atomic E-state index is 0.0124. The molecule has 1 aliphatic heterocycles. The summed E-state index contributed by atoms with van der Waals surface area (Å²) in [6.07, 6.45) is 1.54. The van der Waals surface area contributed by atoms with Crippen LogP contribution in [0.15, 0.2) is 64.8 Å². The highest BCUT2D eigenvalue weighted by atomic mass is 32.2. The molecule has 2 aromatic heterocycles. The normalized spacial score (nSPS) is 17.1. The van der Waals surface area contributed by atoms with Crippen molar-refractivity contribution in [3.8, 4) is 22.7 Å². The number of para-hydroxylation sites is 1. The van der Waals surface area contributed by atoms with Gasteiger partial charge in [-0.3, -0.25) is 4.79 Å². The number of phenolic OH excluding ortho intramolecular Hbond substituents is 1. The number of piperazine rings is 1. The quantitative estimate of drug-likeness (QED) is 0.283. The number of phenols is 1. The smallest absolute Gasteiger partial charge is 0.355 e. The molecule has 5 rings (SSSR count). The molecule has 0 bridgehead atoms. The molecule has 46 heavy (non-hydrogen) atoms. The summed E-state index contributed by atoms with van der Waals surface area (Å²) in [5.41, 5.74) is -1.66. The largest absolute Gasteiger partial charge is 0.507 e. The molecule has 4 aromatic rings. The summed E-state index contributed by atoms with van der Waals surface area (Å²) in [7, 11) is -3.97. The van der Waals surface area contributed by atoms with Gasteiger partial charge in [0.05, 0.1) is 26.8 Å². The maximum absolute atomic E-state index is 16.0. The highest BCUT2D eigenvalue weighted by molar-refractivity contribution is 7.92. The molecule has 0 radical (unpaired) electrons. The molecule has 2 aromatic carbocycles. The Morgan fingerprint density at radius 3 is 2.41 bits per heavy atom. The zero-order chi connectivity index (χ0) is 33.7. The lowest BCUT2D eigenvalue weighted by Gasteiger charge is -2.44.